The van der Waals surface area contributed by atoms with Gasteiger partial charge in [0.15, 0.2) is 0 Å². The van der Waals surface area contributed by atoms with Crippen LogP contribution < -0.4 is 4.74 Å². The molecule has 1 aliphatic heterocycles. The van der Waals surface area contributed by atoms with Gasteiger partial charge in [-0.25, -0.2) is 4.39 Å². The molecular weight excluding hydrogens is 255 g/mol. The average molecular weight is 270 g/mol. The van der Waals surface area contributed by atoms with Crippen LogP contribution in [0.2, 0.25) is 0 Å². The first-order valence-electron chi connectivity index (χ1n) is 6.56. The molecule has 2 aromatic carbocycles. The molecule has 0 amide bonds. The second-order valence-electron chi connectivity index (χ2n) is 4.90. The SMILES string of the molecule is C=CC[C@@H]1c2ccccc2Oc2ccc(F)cc2[C@H]1O. The molecule has 0 radical (unpaired) electrons. The smallest absolute Gasteiger partial charge is 0.133 e. The Morgan fingerprint density at radius 3 is 2.70 bits per heavy atom. The van der Waals surface area contributed by atoms with Crippen molar-refractivity contribution in [3.05, 3.63) is 72.1 Å². The minimum Gasteiger partial charge on any atom is -0.457 e. The topological polar surface area (TPSA) is 29.5 Å². The molecule has 0 aromatic heterocycles. The van der Waals surface area contributed by atoms with E-state index in [0.717, 1.165) is 5.56 Å². The number of aliphatic hydroxyl groups is 1. The Bertz CT molecular complexity index is 651. The molecule has 0 spiro atoms. The Balaban J connectivity index is 2.19. The molecule has 2 aromatic rings. The second-order valence-corrected chi connectivity index (χ2v) is 4.90. The normalized spacial score (nSPS) is 20.3. The number of allylic oxidation sites excluding steroid dienone is 1. The van der Waals surface area contributed by atoms with Crippen LogP contribution in [0.4, 0.5) is 4.39 Å². The fourth-order valence-corrected chi connectivity index (χ4v) is 2.66. The van der Waals surface area contributed by atoms with Gasteiger partial charge in [-0.2, -0.15) is 0 Å². The molecule has 0 saturated carbocycles. The lowest BCUT2D eigenvalue weighted by Crippen LogP contribution is -2.09. The number of hydrogen-bond donors (Lipinski definition) is 1. The third kappa shape index (κ3) is 2.10. The summed E-state index contributed by atoms with van der Waals surface area (Å²) in [5.74, 6) is 0.628. The molecule has 0 bridgehead atoms. The summed E-state index contributed by atoms with van der Waals surface area (Å²) in [6, 6.07) is 11.8. The molecule has 2 atom stereocenters. The minimum atomic E-state index is -0.817. The molecule has 0 unspecified atom stereocenters. The van der Waals surface area contributed by atoms with Crippen LogP contribution in [0.25, 0.3) is 0 Å². The summed E-state index contributed by atoms with van der Waals surface area (Å²) in [6.07, 6.45) is 1.54. The van der Waals surface area contributed by atoms with Gasteiger partial charge in [-0.15, -0.1) is 6.58 Å². The molecular formula is C17H15FO2. The number of ether oxygens (including phenoxy) is 1. The van der Waals surface area contributed by atoms with Crippen molar-refractivity contribution in [1.82, 2.24) is 0 Å². The molecule has 0 fully saturated rings. The molecule has 3 rings (SSSR count). The van der Waals surface area contributed by atoms with E-state index in [1.807, 2.05) is 24.3 Å². The standard InChI is InChI=1S/C17H15FO2/c1-2-5-13-12-6-3-4-7-15(12)20-16-9-8-11(18)10-14(16)17(13)19/h2-4,6-10,13,17,19H,1,5H2/t13-,17+/m1/s1. The minimum absolute atomic E-state index is 0.188. The zero-order chi connectivity index (χ0) is 14.1. The summed E-state index contributed by atoms with van der Waals surface area (Å²) in [4.78, 5) is 0. The van der Waals surface area contributed by atoms with E-state index in [-0.39, 0.29) is 11.7 Å². The van der Waals surface area contributed by atoms with E-state index in [2.05, 4.69) is 6.58 Å². The van der Waals surface area contributed by atoms with Crippen LogP contribution in [-0.4, -0.2) is 5.11 Å². The van der Waals surface area contributed by atoms with Gasteiger partial charge < -0.3 is 9.84 Å². The molecule has 102 valence electrons. The first-order chi connectivity index (χ1) is 9.70. The van der Waals surface area contributed by atoms with Crippen LogP contribution in [-0.2, 0) is 0 Å². The van der Waals surface area contributed by atoms with E-state index in [1.54, 1.807) is 12.1 Å². The molecule has 1 N–H and O–H groups in total. The van der Waals surface area contributed by atoms with Crippen LogP contribution in [0.1, 0.15) is 29.6 Å². The Morgan fingerprint density at radius 1 is 1.15 bits per heavy atom. The third-order valence-corrected chi connectivity index (χ3v) is 3.63. The number of fused-ring (bicyclic) bond motifs is 2. The van der Waals surface area contributed by atoms with E-state index in [1.165, 1.54) is 12.1 Å². The summed E-state index contributed by atoms with van der Waals surface area (Å²) in [7, 11) is 0. The third-order valence-electron chi connectivity index (χ3n) is 3.63. The second kappa shape index (κ2) is 5.10. The van der Waals surface area contributed by atoms with Gasteiger partial charge in [-0.3, -0.25) is 0 Å². The zero-order valence-corrected chi connectivity index (χ0v) is 10.9. The van der Waals surface area contributed by atoms with Gasteiger partial charge in [0.05, 0.1) is 6.10 Å². The van der Waals surface area contributed by atoms with Crippen molar-refractivity contribution in [2.75, 3.05) is 0 Å². The van der Waals surface area contributed by atoms with Crippen molar-refractivity contribution in [3.63, 3.8) is 0 Å². The Morgan fingerprint density at radius 2 is 1.90 bits per heavy atom. The Labute approximate surface area is 117 Å². The van der Waals surface area contributed by atoms with E-state index in [0.29, 0.717) is 23.5 Å². The highest BCUT2D eigenvalue weighted by Gasteiger charge is 2.30. The maximum Gasteiger partial charge on any atom is 0.133 e. The number of benzene rings is 2. The number of halogens is 1. The van der Waals surface area contributed by atoms with Crippen LogP contribution in [0.5, 0.6) is 11.5 Å². The van der Waals surface area contributed by atoms with Crippen molar-refractivity contribution in [2.45, 2.75) is 18.4 Å². The molecule has 3 heteroatoms. The summed E-state index contributed by atoms with van der Waals surface area (Å²) < 4.78 is 19.3. The maximum atomic E-state index is 13.5. The molecule has 1 aliphatic rings. The number of aliphatic hydroxyl groups excluding tert-OH is 1. The number of para-hydroxylation sites is 1. The van der Waals surface area contributed by atoms with Gasteiger partial charge in [0.2, 0.25) is 0 Å². The average Bonchev–Trinajstić information content (AvgIpc) is 2.57. The van der Waals surface area contributed by atoms with E-state index < -0.39 is 6.10 Å². The fraction of sp³-hybridized carbons (Fsp3) is 0.176. The van der Waals surface area contributed by atoms with Crippen LogP contribution in [0.15, 0.2) is 55.1 Å². The predicted molar refractivity (Wildman–Crippen MR) is 75.4 cm³/mol. The highest BCUT2D eigenvalue weighted by molar-refractivity contribution is 5.48. The monoisotopic (exact) mass is 270 g/mol. The lowest BCUT2D eigenvalue weighted by molar-refractivity contribution is 0.146. The van der Waals surface area contributed by atoms with Gasteiger partial charge in [-0.1, -0.05) is 24.3 Å². The summed E-state index contributed by atoms with van der Waals surface area (Å²) in [6.45, 7) is 3.74. The van der Waals surface area contributed by atoms with Crippen molar-refractivity contribution in [3.8, 4) is 11.5 Å². The zero-order valence-electron chi connectivity index (χ0n) is 10.9. The van der Waals surface area contributed by atoms with Crippen molar-refractivity contribution >= 4 is 0 Å². The van der Waals surface area contributed by atoms with Crippen molar-refractivity contribution in [2.24, 2.45) is 0 Å². The summed E-state index contributed by atoms with van der Waals surface area (Å²) in [5, 5.41) is 10.6. The molecule has 0 aliphatic carbocycles. The van der Waals surface area contributed by atoms with Crippen LogP contribution in [0.3, 0.4) is 0 Å². The quantitative estimate of drug-likeness (QED) is 0.823. The van der Waals surface area contributed by atoms with Crippen molar-refractivity contribution in [1.29, 1.82) is 0 Å². The first-order valence-corrected chi connectivity index (χ1v) is 6.56. The first kappa shape index (κ1) is 12.9. The van der Waals surface area contributed by atoms with Gasteiger partial charge in [0.25, 0.3) is 0 Å². The predicted octanol–water partition coefficient (Wildman–Crippen LogP) is 4.32. The van der Waals surface area contributed by atoms with E-state index in [9.17, 15) is 9.50 Å². The van der Waals surface area contributed by atoms with Crippen LogP contribution in [0, 0.1) is 5.82 Å². The highest BCUT2D eigenvalue weighted by atomic mass is 19.1. The molecule has 0 saturated heterocycles. The van der Waals surface area contributed by atoms with Gasteiger partial charge in [-0.05, 0) is 30.7 Å². The summed E-state index contributed by atoms with van der Waals surface area (Å²) >= 11 is 0. The Hall–Kier alpha value is -2.13. The molecule has 20 heavy (non-hydrogen) atoms. The van der Waals surface area contributed by atoms with Gasteiger partial charge in [0, 0.05) is 17.0 Å². The highest BCUT2D eigenvalue weighted by Crippen LogP contribution is 2.46. The summed E-state index contributed by atoms with van der Waals surface area (Å²) in [5.41, 5.74) is 1.39. The number of rotatable bonds is 2. The molecule has 2 nitrogen and oxygen atoms in total. The molecule has 1 heterocycles. The maximum absolute atomic E-state index is 13.5. The lowest BCUT2D eigenvalue weighted by atomic mass is 9.86. The fourth-order valence-electron chi connectivity index (χ4n) is 2.66. The lowest BCUT2D eigenvalue weighted by Gasteiger charge is -2.20. The van der Waals surface area contributed by atoms with Gasteiger partial charge >= 0.3 is 0 Å². The largest absolute Gasteiger partial charge is 0.457 e. The van der Waals surface area contributed by atoms with Crippen molar-refractivity contribution < 1.29 is 14.2 Å². The van der Waals surface area contributed by atoms with E-state index >= 15 is 0 Å². The van der Waals surface area contributed by atoms with E-state index in [4.69, 9.17) is 4.74 Å². The Kier molecular flexibility index (Phi) is 3.28. The van der Waals surface area contributed by atoms with Crippen LogP contribution >= 0.6 is 0 Å². The number of hydrogen-bond acceptors (Lipinski definition) is 2. The van der Waals surface area contributed by atoms with Gasteiger partial charge in [0.1, 0.15) is 17.3 Å².